The van der Waals surface area contributed by atoms with Crippen molar-refractivity contribution >= 4 is 6.08 Å². The summed E-state index contributed by atoms with van der Waals surface area (Å²) in [6.45, 7) is 2.70. The van der Waals surface area contributed by atoms with Crippen LogP contribution in [0.5, 0.6) is 0 Å². The molecule has 2 N–H and O–H groups in total. The summed E-state index contributed by atoms with van der Waals surface area (Å²) in [5, 5.41) is 13.4. The maximum absolute atomic E-state index is 10.1. The Balaban J connectivity index is 1.72. The van der Waals surface area contributed by atoms with E-state index in [1.807, 2.05) is 61.5 Å². The fourth-order valence-electron chi connectivity index (χ4n) is 1.98. The van der Waals surface area contributed by atoms with Crippen molar-refractivity contribution in [2.24, 2.45) is 0 Å². The molecule has 2 atom stereocenters. The SMILES string of the molecule is CC(NC/C=C/c1ccco1)C(O)Cc1ccccc1. The number of benzene rings is 1. The van der Waals surface area contributed by atoms with Gasteiger partial charge in [0.2, 0.25) is 0 Å². The lowest BCUT2D eigenvalue weighted by Crippen LogP contribution is -2.38. The second-order valence-corrected chi connectivity index (χ2v) is 4.87. The zero-order chi connectivity index (χ0) is 14.2. The van der Waals surface area contributed by atoms with E-state index in [1.165, 1.54) is 0 Å². The van der Waals surface area contributed by atoms with Crippen LogP contribution in [-0.2, 0) is 6.42 Å². The molecule has 0 fully saturated rings. The first kappa shape index (κ1) is 14.6. The molecule has 3 nitrogen and oxygen atoms in total. The largest absolute Gasteiger partial charge is 0.465 e. The van der Waals surface area contributed by atoms with Crippen LogP contribution in [0.15, 0.2) is 59.2 Å². The van der Waals surface area contributed by atoms with Crippen LogP contribution >= 0.6 is 0 Å². The van der Waals surface area contributed by atoms with E-state index < -0.39 is 6.10 Å². The summed E-state index contributed by atoms with van der Waals surface area (Å²) in [7, 11) is 0. The molecule has 0 saturated carbocycles. The number of aliphatic hydroxyl groups excluding tert-OH is 1. The van der Waals surface area contributed by atoms with Gasteiger partial charge in [-0.2, -0.15) is 0 Å². The molecule has 0 amide bonds. The van der Waals surface area contributed by atoms with Crippen LogP contribution in [0.3, 0.4) is 0 Å². The van der Waals surface area contributed by atoms with Gasteiger partial charge in [-0.1, -0.05) is 36.4 Å². The molecule has 0 bridgehead atoms. The van der Waals surface area contributed by atoms with E-state index in [0.717, 1.165) is 11.3 Å². The Morgan fingerprint density at radius 2 is 2.00 bits per heavy atom. The monoisotopic (exact) mass is 271 g/mol. The Kier molecular flexibility index (Phi) is 5.59. The molecule has 1 heterocycles. The smallest absolute Gasteiger partial charge is 0.126 e. The van der Waals surface area contributed by atoms with Gasteiger partial charge in [-0.05, 0) is 37.1 Å². The standard InChI is InChI=1S/C17H21NO2/c1-14(17(19)13-15-7-3-2-4-8-15)18-11-5-9-16-10-6-12-20-16/h2-10,12,14,17-19H,11,13H2,1H3/b9-5+. The number of aliphatic hydroxyl groups is 1. The van der Waals surface area contributed by atoms with Gasteiger partial charge < -0.3 is 14.8 Å². The summed E-state index contributed by atoms with van der Waals surface area (Å²) >= 11 is 0. The number of rotatable bonds is 7. The first-order valence-corrected chi connectivity index (χ1v) is 6.91. The van der Waals surface area contributed by atoms with Crippen molar-refractivity contribution in [1.29, 1.82) is 0 Å². The Hall–Kier alpha value is -1.84. The van der Waals surface area contributed by atoms with Crippen LogP contribution in [0.2, 0.25) is 0 Å². The van der Waals surface area contributed by atoms with E-state index in [-0.39, 0.29) is 6.04 Å². The van der Waals surface area contributed by atoms with Gasteiger partial charge in [0.15, 0.2) is 0 Å². The fourth-order valence-corrected chi connectivity index (χ4v) is 1.98. The number of nitrogens with one attached hydrogen (secondary N) is 1. The first-order chi connectivity index (χ1) is 9.75. The van der Waals surface area contributed by atoms with E-state index in [0.29, 0.717) is 13.0 Å². The summed E-state index contributed by atoms with van der Waals surface area (Å²) in [4.78, 5) is 0. The molecule has 0 radical (unpaired) electrons. The van der Waals surface area contributed by atoms with Gasteiger partial charge in [0.1, 0.15) is 5.76 Å². The highest BCUT2D eigenvalue weighted by Crippen LogP contribution is 2.06. The Bertz CT molecular complexity index is 505. The maximum atomic E-state index is 10.1. The van der Waals surface area contributed by atoms with Gasteiger partial charge in [-0.15, -0.1) is 0 Å². The highest BCUT2D eigenvalue weighted by molar-refractivity contribution is 5.42. The lowest BCUT2D eigenvalue weighted by Gasteiger charge is -2.19. The molecule has 0 spiro atoms. The Morgan fingerprint density at radius 3 is 2.70 bits per heavy atom. The number of hydrogen-bond donors (Lipinski definition) is 2. The zero-order valence-electron chi connectivity index (χ0n) is 11.7. The Morgan fingerprint density at radius 1 is 1.20 bits per heavy atom. The number of furan rings is 1. The minimum atomic E-state index is -0.394. The molecule has 0 aliphatic carbocycles. The van der Waals surface area contributed by atoms with Crippen molar-refractivity contribution in [3.63, 3.8) is 0 Å². The molecular weight excluding hydrogens is 250 g/mol. The van der Waals surface area contributed by atoms with Crippen molar-refractivity contribution in [2.45, 2.75) is 25.5 Å². The molecule has 20 heavy (non-hydrogen) atoms. The van der Waals surface area contributed by atoms with Crippen LogP contribution in [0, 0.1) is 0 Å². The van der Waals surface area contributed by atoms with E-state index in [1.54, 1.807) is 6.26 Å². The van der Waals surface area contributed by atoms with Crippen molar-refractivity contribution in [3.8, 4) is 0 Å². The third kappa shape index (κ3) is 4.68. The van der Waals surface area contributed by atoms with Crippen LogP contribution < -0.4 is 5.32 Å². The van der Waals surface area contributed by atoms with Gasteiger partial charge in [0.25, 0.3) is 0 Å². The topological polar surface area (TPSA) is 45.4 Å². The van der Waals surface area contributed by atoms with E-state index in [9.17, 15) is 5.11 Å². The quantitative estimate of drug-likeness (QED) is 0.814. The van der Waals surface area contributed by atoms with Crippen LogP contribution in [0.1, 0.15) is 18.2 Å². The normalized spacial score (nSPS) is 14.5. The second-order valence-electron chi connectivity index (χ2n) is 4.87. The van der Waals surface area contributed by atoms with Gasteiger partial charge >= 0.3 is 0 Å². The molecule has 3 heteroatoms. The summed E-state index contributed by atoms with van der Waals surface area (Å²) < 4.78 is 5.20. The molecule has 106 valence electrons. The lowest BCUT2D eigenvalue weighted by atomic mass is 10.0. The third-order valence-electron chi connectivity index (χ3n) is 3.25. The average molecular weight is 271 g/mol. The summed E-state index contributed by atoms with van der Waals surface area (Å²) in [6, 6.07) is 13.8. The molecule has 1 aromatic carbocycles. The maximum Gasteiger partial charge on any atom is 0.126 e. The zero-order valence-corrected chi connectivity index (χ0v) is 11.7. The number of hydrogen-bond acceptors (Lipinski definition) is 3. The van der Waals surface area contributed by atoms with Crippen LogP contribution in [0.25, 0.3) is 6.08 Å². The highest BCUT2D eigenvalue weighted by Gasteiger charge is 2.13. The fraction of sp³-hybridized carbons (Fsp3) is 0.294. The molecule has 2 rings (SSSR count). The van der Waals surface area contributed by atoms with E-state index >= 15 is 0 Å². The molecule has 0 saturated heterocycles. The van der Waals surface area contributed by atoms with Gasteiger partial charge in [0.05, 0.1) is 12.4 Å². The molecular formula is C17H21NO2. The molecule has 0 aliphatic rings. The molecule has 1 aromatic heterocycles. The second kappa shape index (κ2) is 7.68. The highest BCUT2D eigenvalue weighted by atomic mass is 16.3. The molecule has 0 aliphatic heterocycles. The summed E-state index contributed by atoms with van der Waals surface area (Å²) in [5.41, 5.74) is 1.15. The van der Waals surface area contributed by atoms with Crippen LogP contribution in [0.4, 0.5) is 0 Å². The lowest BCUT2D eigenvalue weighted by molar-refractivity contribution is 0.136. The predicted octanol–water partition coefficient (Wildman–Crippen LogP) is 2.87. The minimum Gasteiger partial charge on any atom is -0.465 e. The van der Waals surface area contributed by atoms with Gasteiger partial charge in [0, 0.05) is 12.6 Å². The minimum absolute atomic E-state index is 0.0384. The van der Waals surface area contributed by atoms with Gasteiger partial charge in [-0.3, -0.25) is 0 Å². The Labute approximate surface area is 119 Å². The predicted molar refractivity (Wildman–Crippen MR) is 81.4 cm³/mol. The van der Waals surface area contributed by atoms with E-state index in [4.69, 9.17) is 4.42 Å². The first-order valence-electron chi connectivity index (χ1n) is 6.91. The van der Waals surface area contributed by atoms with Gasteiger partial charge in [-0.25, -0.2) is 0 Å². The van der Waals surface area contributed by atoms with Crippen molar-refractivity contribution in [1.82, 2.24) is 5.32 Å². The average Bonchev–Trinajstić information content (AvgIpc) is 2.97. The van der Waals surface area contributed by atoms with Crippen molar-refractivity contribution in [3.05, 3.63) is 66.1 Å². The van der Waals surface area contributed by atoms with Crippen molar-refractivity contribution in [2.75, 3.05) is 6.54 Å². The van der Waals surface area contributed by atoms with Crippen LogP contribution in [-0.4, -0.2) is 23.8 Å². The van der Waals surface area contributed by atoms with Crippen molar-refractivity contribution < 1.29 is 9.52 Å². The molecule has 2 unspecified atom stereocenters. The summed E-state index contributed by atoms with van der Waals surface area (Å²) in [5.74, 6) is 0.837. The third-order valence-corrected chi connectivity index (χ3v) is 3.25. The summed E-state index contributed by atoms with van der Waals surface area (Å²) in [6.07, 6.45) is 5.83. The molecule has 2 aromatic rings. The van der Waals surface area contributed by atoms with E-state index in [2.05, 4.69) is 5.32 Å².